The number of ketones is 1. The molecule has 1 aliphatic heterocycles. The predicted molar refractivity (Wildman–Crippen MR) is 47.5 cm³/mol. The van der Waals surface area contributed by atoms with Crippen molar-refractivity contribution in [2.24, 2.45) is 5.92 Å². The van der Waals surface area contributed by atoms with Crippen molar-refractivity contribution in [2.45, 2.75) is 31.3 Å². The van der Waals surface area contributed by atoms with Gasteiger partial charge in [0.2, 0.25) is 0 Å². The molecule has 0 aromatic rings. The molecule has 2 aliphatic rings. The van der Waals surface area contributed by atoms with Gasteiger partial charge in [-0.25, -0.2) is 0 Å². The molecular formula is C10H16O3. The summed E-state index contributed by atoms with van der Waals surface area (Å²) in [5.74, 6) is 0.374. The fourth-order valence-corrected chi connectivity index (χ4v) is 2.16. The highest BCUT2D eigenvalue weighted by molar-refractivity contribution is 5.90. The summed E-state index contributed by atoms with van der Waals surface area (Å²) in [5.41, 5.74) is -0.432. The summed E-state index contributed by atoms with van der Waals surface area (Å²) in [6.07, 6.45) is 3.80. The average molecular weight is 184 g/mol. The van der Waals surface area contributed by atoms with Gasteiger partial charge in [-0.15, -0.1) is 0 Å². The van der Waals surface area contributed by atoms with Crippen molar-refractivity contribution < 1.29 is 14.3 Å². The van der Waals surface area contributed by atoms with E-state index in [9.17, 15) is 4.79 Å². The quantitative estimate of drug-likeness (QED) is 0.660. The van der Waals surface area contributed by atoms with Gasteiger partial charge < -0.3 is 9.47 Å². The lowest BCUT2D eigenvalue weighted by Gasteiger charge is -2.40. The largest absolute Gasteiger partial charge is 0.381 e. The van der Waals surface area contributed by atoms with Crippen LogP contribution in [0, 0.1) is 5.92 Å². The van der Waals surface area contributed by atoms with E-state index in [2.05, 4.69) is 0 Å². The molecular weight excluding hydrogens is 168 g/mol. The van der Waals surface area contributed by atoms with Gasteiger partial charge in [0, 0.05) is 19.6 Å². The van der Waals surface area contributed by atoms with Crippen LogP contribution < -0.4 is 0 Å². The van der Waals surface area contributed by atoms with Crippen molar-refractivity contribution in [1.82, 2.24) is 0 Å². The van der Waals surface area contributed by atoms with Crippen LogP contribution in [0.5, 0.6) is 0 Å². The van der Waals surface area contributed by atoms with Gasteiger partial charge in [0.05, 0.1) is 6.61 Å². The number of carbonyl (C=O) groups excluding carboxylic acids is 1. The van der Waals surface area contributed by atoms with E-state index in [0.717, 1.165) is 32.3 Å². The minimum atomic E-state index is -0.432. The number of rotatable bonds is 3. The van der Waals surface area contributed by atoms with Gasteiger partial charge in [-0.3, -0.25) is 4.79 Å². The highest BCUT2D eigenvalue weighted by Gasteiger charge is 2.47. The molecule has 13 heavy (non-hydrogen) atoms. The minimum Gasteiger partial charge on any atom is -0.381 e. The zero-order valence-electron chi connectivity index (χ0n) is 8.04. The van der Waals surface area contributed by atoms with Crippen LogP contribution in [0.3, 0.4) is 0 Å². The summed E-state index contributed by atoms with van der Waals surface area (Å²) in [4.78, 5) is 12.0. The molecule has 2 rings (SSSR count). The normalized spacial score (nSPS) is 31.3. The summed E-state index contributed by atoms with van der Waals surface area (Å²) in [6.45, 7) is 1.33. The van der Waals surface area contributed by atoms with Crippen molar-refractivity contribution in [3.8, 4) is 0 Å². The maximum Gasteiger partial charge on any atom is 0.170 e. The molecule has 1 aliphatic carbocycles. The van der Waals surface area contributed by atoms with Crippen LogP contribution in [0.2, 0.25) is 0 Å². The van der Waals surface area contributed by atoms with Crippen LogP contribution >= 0.6 is 0 Å². The van der Waals surface area contributed by atoms with Gasteiger partial charge in [0.15, 0.2) is 5.78 Å². The second-order valence-electron chi connectivity index (χ2n) is 3.98. The molecule has 1 atom stereocenters. The standard InChI is InChI=1S/C10H16O3/c1-12-10(4-2-5-10)9(11)8-3-6-13-7-8/h8H,2-7H2,1H3. The molecule has 2 fully saturated rings. The molecule has 0 N–H and O–H groups in total. The highest BCUT2D eigenvalue weighted by Crippen LogP contribution is 2.39. The summed E-state index contributed by atoms with van der Waals surface area (Å²) in [7, 11) is 1.65. The Hall–Kier alpha value is -0.410. The Bertz CT molecular complexity index is 197. The van der Waals surface area contributed by atoms with Gasteiger partial charge in [-0.2, -0.15) is 0 Å². The monoisotopic (exact) mass is 184 g/mol. The Morgan fingerprint density at radius 3 is 2.69 bits per heavy atom. The summed E-state index contributed by atoms with van der Waals surface area (Å²) < 4.78 is 10.6. The predicted octanol–water partition coefficient (Wildman–Crippen LogP) is 1.16. The lowest BCUT2D eigenvalue weighted by Crippen LogP contribution is -2.50. The van der Waals surface area contributed by atoms with Gasteiger partial charge in [-0.1, -0.05) is 0 Å². The van der Waals surface area contributed by atoms with Crippen LogP contribution in [0.15, 0.2) is 0 Å². The highest BCUT2D eigenvalue weighted by atomic mass is 16.5. The Morgan fingerprint density at radius 2 is 2.31 bits per heavy atom. The molecule has 0 aromatic heterocycles. The number of hydrogen-bond donors (Lipinski definition) is 0. The smallest absolute Gasteiger partial charge is 0.170 e. The van der Waals surface area contributed by atoms with E-state index >= 15 is 0 Å². The van der Waals surface area contributed by atoms with Crippen LogP contribution in [0.4, 0.5) is 0 Å². The number of ether oxygens (including phenoxy) is 2. The first kappa shape index (κ1) is 9.16. The van der Waals surface area contributed by atoms with Crippen molar-refractivity contribution in [3.05, 3.63) is 0 Å². The summed E-state index contributed by atoms with van der Waals surface area (Å²) in [5, 5.41) is 0. The molecule has 3 heteroatoms. The first-order chi connectivity index (χ1) is 6.28. The fraction of sp³-hybridized carbons (Fsp3) is 0.900. The molecule has 1 unspecified atom stereocenters. The molecule has 0 bridgehead atoms. The number of hydrogen-bond acceptors (Lipinski definition) is 3. The van der Waals surface area contributed by atoms with Gasteiger partial charge in [-0.05, 0) is 25.7 Å². The average Bonchev–Trinajstić information content (AvgIpc) is 2.54. The molecule has 0 radical (unpaired) electrons. The van der Waals surface area contributed by atoms with E-state index in [-0.39, 0.29) is 11.7 Å². The van der Waals surface area contributed by atoms with E-state index in [1.165, 1.54) is 0 Å². The molecule has 1 saturated carbocycles. The van der Waals surface area contributed by atoms with Crippen molar-refractivity contribution in [1.29, 1.82) is 0 Å². The van der Waals surface area contributed by atoms with Crippen molar-refractivity contribution >= 4 is 5.78 Å². The lowest BCUT2D eigenvalue weighted by atomic mass is 9.73. The van der Waals surface area contributed by atoms with E-state index in [1.807, 2.05) is 0 Å². The SMILES string of the molecule is COC1(C(=O)C2CCOC2)CCC1. The van der Waals surface area contributed by atoms with Crippen molar-refractivity contribution in [3.63, 3.8) is 0 Å². The molecule has 1 saturated heterocycles. The minimum absolute atomic E-state index is 0.0975. The number of carbonyl (C=O) groups is 1. The zero-order chi connectivity index (χ0) is 9.31. The Balaban J connectivity index is 2.01. The third kappa shape index (κ3) is 1.40. The molecule has 1 heterocycles. The molecule has 3 nitrogen and oxygen atoms in total. The first-order valence-corrected chi connectivity index (χ1v) is 4.96. The Morgan fingerprint density at radius 1 is 1.54 bits per heavy atom. The maximum atomic E-state index is 12.0. The topological polar surface area (TPSA) is 35.5 Å². The van der Waals surface area contributed by atoms with E-state index < -0.39 is 5.60 Å². The number of methoxy groups -OCH3 is 1. The zero-order valence-corrected chi connectivity index (χ0v) is 8.04. The molecule has 0 spiro atoms. The second kappa shape index (κ2) is 3.39. The van der Waals surface area contributed by atoms with E-state index in [1.54, 1.807) is 7.11 Å². The Kier molecular flexibility index (Phi) is 2.39. The van der Waals surface area contributed by atoms with Crippen LogP contribution in [0.1, 0.15) is 25.7 Å². The fourth-order valence-electron chi connectivity index (χ4n) is 2.16. The summed E-state index contributed by atoms with van der Waals surface area (Å²) in [6, 6.07) is 0. The molecule has 74 valence electrons. The molecule has 0 amide bonds. The molecule has 0 aromatic carbocycles. The third-order valence-corrected chi connectivity index (χ3v) is 3.30. The van der Waals surface area contributed by atoms with Crippen LogP contribution in [-0.2, 0) is 14.3 Å². The Labute approximate surface area is 78.4 Å². The van der Waals surface area contributed by atoms with E-state index in [4.69, 9.17) is 9.47 Å². The van der Waals surface area contributed by atoms with Gasteiger partial charge >= 0.3 is 0 Å². The third-order valence-electron chi connectivity index (χ3n) is 3.30. The first-order valence-electron chi connectivity index (χ1n) is 4.96. The summed E-state index contributed by atoms with van der Waals surface area (Å²) >= 11 is 0. The van der Waals surface area contributed by atoms with E-state index in [0.29, 0.717) is 6.61 Å². The van der Waals surface area contributed by atoms with Crippen LogP contribution in [0.25, 0.3) is 0 Å². The van der Waals surface area contributed by atoms with Crippen molar-refractivity contribution in [2.75, 3.05) is 20.3 Å². The number of Topliss-reactive ketones (excluding diaryl/α,β-unsaturated/α-hetero) is 1. The van der Waals surface area contributed by atoms with Gasteiger partial charge in [0.25, 0.3) is 0 Å². The lowest BCUT2D eigenvalue weighted by molar-refractivity contribution is -0.156. The van der Waals surface area contributed by atoms with Gasteiger partial charge in [0.1, 0.15) is 5.60 Å². The maximum absolute atomic E-state index is 12.0. The second-order valence-corrected chi connectivity index (χ2v) is 3.98. The van der Waals surface area contributed by atoms with Crippen LogP contribution in [-0.4, -0.2) is 31.7 Å².